The van der Waals surface area contributed by atoms with Crippen molar-refractivity contribution in [1.29, 1.82) is 0 Å². The first-order chi connectivity index (χ1) is 18.4. The first-order valence-corrected chi connectivity index (χ1v) is 12.3. The number of fused-ring (bicyclic) bond motifs is 1. The fraction of sp³-hybridized carbons (Fsp3) is 0.259. The van der Waals surface area contributed by atoms with Crippen molar-refractivity contribution >= 4 is 40.0 Å². The molecule has 38 heavy (non-hydrogen) atoms. The fourth-order valence-corrected chi connectivity index (χ4v) is 4.65. The molecule has 0 unspecified atom stereocenters. The summed E-state index contributed by atoms with van der Waals surface area (Å²) in [6, 6.07) is 12.7. The van der Waals surface area contributed by atoms with Gasteiger partial charge in [-0.15, -0.1) is 0 Å². The summed E-state index contributed by atoms with van der Waals surface area (Å²) in [5.74, 6) is -0.852. The Morgan fingerprint density at radius 3 is 2.63 bits per heavy atom. The maximum atomic E-state index is 14.2. The molecule has 9 nitrogen and oxygen atoms in total. The van der Waals surface area contributed by atoms with Gasteiger partial charge >= 0.3 is 0 Å². The largest absolute Gasteiger partial charge is 0.366 e. The Hall–Kier alpha value is -4.54. The number of nitrogens with zero attached hydrogens (tertiary/aromatic N) is 5. The van der Waals surface area contributed by atoms with E-state index in [4.69, 9.17) is 0 Å². The zero-order valence-corrected chi connectivity index (χ0v) is 20.8. The van der Waals surface area contributed by atoms with Crippen molar-refractivity contribution in [3.63, 3.8) is 0 Å². The lowest BCUT2D eigenvalue weighted by atomic mass is 10.1. The quantitative estimate of drug-likeness (QED) is 0.388. The molecule has 1 saturated heterocycles. The van der Waals surface area contributed by atoms with Gasteiger partial charge in [-0.1, -0.05) is 6.07 Å². The van der Waals surface area contributed by atoms with Gasteiger partial charge in [-0.05, 0) is 36.4 Å². The Kier molecular flexibility index (Phi) is 7.16. The topological polar surface area (TPSA) is 97.5 Å². The number of halogens is 2. The van der Waals surface area contributed by atoms with Crippen molar-refractivity contribution in [2.24, 2.45) is 0 Å². The second-order valence-corrected chi connectivity index (χ2v) is 9.00. The van der Waals surface area contributed by atoms with Crippen LogP contribution in [-0.4, -0.2) is 70.9 Å². The zero-order valence-electron chi connectivity index (χ0n) is 20.8. The first kappa shape index (κ1) is 25.1. The lowest BCUT2D eigenvalue weighted by molar-refractivity contribution is -0.118. The number of H-pyrrole nitrogens is 1. The molecule has 11 heteroatoms. The summed E-state index contributed by atoms with van der Waals surface area (Å²) in [4.78, 5) is 42.2. The minimum absolute atomic E-state index is 0.136. The van der Waals surface area contributed by atoms with Gasteiger partial charge in [-0.3, -0.25) is 9.59 Å². The number of carbonyl (C=O) groups excluding carboxylic acids is 2. The van der Waals surface area contributed by atoms with E-state index in [2.05, 4.69) is 20.3 Å². The standard InChI is InChI=1S/C27H27F2N7O2/c1-18(37)30-9-10-36(26-22-7-8-31-25(22)32-17-33-26)21-4-2-3-19(15-21)27(38)35-13-11-34(12-14-35)24-6-5-20(28)16-23(24)29/h2-8,15-17H,9-14H2,1H3,(H,30,37)(H,31,32,33). The van der Waals surface area contributed by atoms with E-state index in [-0.39, 0.29) is 11.8 Å². The Morgan fingerprint density at radius 2 is 1.87 bits per heavy atom. The number of carbonyl (C=O) groups is 2. The Bertz CT molecular complexity index is 1470. The average Bonchev–Trinajstić information content (AvgIpc) is 3.40. The summed E-state index contributed by atoms with van der Waals surface area (Å²) in [7, 11) is 0. The number of amides is 2. The minimum Gasteiger partial charge on any atom is -0.366 e. The van der Waals surface area contributed by atoms with Gasteiger partial charge in [-0.25, -0.2) is 18.7 Å². The molecule has 5 rings (SSSR count). The molecule has 2 N–H and O–H groups in total. The van der Waals surface area contributed by atoms with Crippen LogP contribution in [0.3, 0.4) is 0 Å². The monoisotopic (exact) mass is 519 g/mol. The summed E-state index contributed by atoms with van der Waals surface area (Å²) in [5, 5.41) is 3.63. The molecule has 1 aliphatic heterocycles. The third kappa shape index (κ3) is 5.26. The molecule has 2 aromatic heterocycles. The molecule has 4 aromatic rings. The number of anilines is 3. The van der Waals surface area contributed by atoms with E-state index in [1.807, 2.05) is 34.1 Å². The fourth-order valence-electron chi connectivity index (χ4n) is 4.65. The highest BCUT2D eigenvalue weighted by Crippen LogP contribution is 2.30. The number of nitrogens with one attached hydrogen (secondary N) is 2. The molecule has 1 aliphatic rings. The van der Waals surface area contributed by atoms with Crippen LogP contribution >= 0.6 is 0 Å². The van der Waals surface area contributed by atoms with Gasteiger partial charge in [0.25, 0.3) is 5.91 Å². The van der Waals surface area contributed by atoms with Crippen LogP contribution in [0.4, 0.5) is 26.0 Å². The molecule has 0 spiro atoms. The molecule has 3 heterocycles. The number of rotatable bonds is 7. The molecule has 2 amide bonds. The number of hydrogen-bond acceptors (Lipinski definition) is 6. The number of benzene rings is 2. The summed E-state index contributed by atoms with van der Waals surface area (Å²) in [5.41, 5.74) is 2.26. The van der Waals surface area contributed by atoms with E-state index in [1.165, 1.54) is 25.4 Å². The minimum atomic E-state index is -0.620. The van der Waals surface area contributed by atoms with E-state index in [0.717, 1.165) is 17.1 Å². The maximum Gasteiger partial charge on any atom is 0.254 e. The predicted molar refractivity (Wildman–Crippen MR) is 140 cm³/mol. The van der Waals surface area contributed by atoms with Crippen molar-refractivity contribution in [3.8, 4) is 0 Å². The van der Waals surface area contributed by atoms with Crippen LogP contribution in [0.1, 0.15) is 17.3 Å². The van der Waals surface area contributed by atoms with Crippen LogP contribution in [0.2, 0.25) is 0 Å². The molecule has 196 valence electrons. The van der Waals surface area contributed by atoms with Gasteiger partial charge < -0.3 is 25.0 Å². The first-order valence-electron chi connectivity index (χ1n) is 12.3. The van der Waals surface area contributed by atoms with Crippen molar-refractivity contribution < 1.29 is 18.4 Å². The van der Waals surface area contributed by atoms with E-state index in [0.29, 0.717) is 62.0 Å². The maximum absolute atomic E-state index is 14.2. The normalized spacial score (nSPS) is 13.6. The molecule has 1 fully saturated rings. The highest BCUT2D eigenvalue weighted by molar-refractivity contribution is 5.96. The van der Waals surface area contributed by atoms with Crippen LogP contribution in [0.15, 0.2) is 61.1 Å². The predicted octanol–water partition coefficient (Wildman–Crippen LogP) is 3.47. The van der Waals surface area contributed by atoms with Crippen LogP contribution in [-0.2, 0) is 4.79 Å². The van der Waals surface area contributed by atoms with Crippen molar-refractivity contribution in [3.05, 3.63) is 78.3 Å². The second-order valence-electron chi connectivity index (χ2n) is 9.00. The lowest BCUT2D eigenvalue weighted by Crippen LogP contribution is -2.49. The van der Waals surface area contributed by atoms with E-state index < -0.39 is 11.6 Å². The Labute approximate surface area is 218 Å². The van der Waals surface area contributed by atoms with E-state index in [9.17, 15) is 18.4 Å². The van der Waals surface area contributed by atoms with Crippen LogP contribution in [0, 0.1) is 11.6 Å². The molecule has 0 saturated carbocycles. The molecule has 0 atom stereocenters. The molecule has 0 aliphatic carbocycles. The van der Waals surface area contributed by atoms with E-state index >= 15 is 0 Å². The summed E-state index contributed by atoms with van der Waals surface area (Å²) >= 11 is 0. The SMILES string of the molecule is CC(=O)NCCN(c1cccc(C(=O)N2CCN(c3ccc(F)cc3F)CC2)c1)c1ncnc2[nH]ccc12. The number of aromatic nitrogens is 3. The van der Waals surface area contributed by atoms with Crippen molar-refractivity contribution in [2.45, 2.75) is 6.92 Å². The molecule has 0 bridgehead atoms. The molecular formula is C27H27F2N7O2. The highest BCUT2D eigenvalue weighted by atomic mass is 19.1. The molecular weight excluding hydrogens is 492 g/mol. The third-order valence-electron chi connectivity index (χ3n) is 6.52. The second kappa shape index (κ2) is 10.8. The Balaban J connectivity index is 1.35. The van der Waals surface area contributed by atoms with Crippen LogP contribution in [0.25, 0.3) is 11.0 Å². The van der Waals surface area contributed by atoms with Gasteiger partial charge in [0.2, 0.25) is 5.91 Å². The Morgan fingerprint density at radius 1 is 1.05 bits per heavy atom. The van der Waals surface area contributed by atoms with E-state index in [1.54, 1.807) is 17.2 Å². The summed E-state index contributed by atoms with van der Waals surface area (Å²) in [6.45, 7) is 3.95. The van der Waals surface area contributed by atoms with Gasteiger partial charge in [0.1, 0.15) is 29.4 Å². The summed E-state index contributed by atoms with van der Waals surface area (Å²) < 4.78 is 27.5. The number of piperazine rings is 1. The van der Waals surface area contributed by atoms with Gasteiger partial charge in [0, 0.05) is 69.7 Å². The smallest absolute Gasteiger partial charge is 0.254 e. The number of hydrogen-bond donors (Lipinski definition) is 2. The summed E-state index contributed by atoms with van der Waals surface area (Å²) in [6.07, 6.45) is 3.25. The van der Waals surface area contributed by atoms with Gasteiger partial charge in [-0.2, -0.15) is 0 Å². The highest BCUT2D eigenvalue weighted by Gasteiger charge is 2.25. The van der Waals surface area contributed by atoms with Gasteiger partial charge in [0.15, 0.2) is 0 Å². The number of aromatic amines is 1. The molecule has 0 radical (unpaired) electrons. The zero-order chi connectivity index (χ0) is 26.6. The van der Waals surface area contributed by atoms with Crippen molar-refractivity contribution in [1.82, 2.24) is 25.2 Å². The van der Waals surface area contributed by atoms with Crippen LogP contribution in [0.5, 0.6) is 0 Å². The third-order valence-corrected chi connectivity index (χ3v) is 6.52. The lowest BCUT2D eigenvalue weighted by Gasteiger charge is -2.36. The average molecular weight is 520 g/mol. The molecule has 2 aromatic carbocycles. The van der Waals surface area contributed by atoms with Crippen LogP contribution < -0.4 is 15.1 Å². The van der Waals surface area contributed by atoms with Crippen molar-refractivity contribution in [2.75, 3.05) is 49.1 Å². The van der Waals surface area contributed by atoms with Gasteiger partial charge in [0.05, 0.1) is 11.1 Å².